The Kier molecular flexibility index (Phi) is 11.7. The molecule has 0 N–H and O–H groups in total. The minimum Gasteiger partial charge on any atom is -0.309 e. The average molecular weight is 1060 g/mol. The predicted molar refractivity (Wildman–Crippen MR) is 340 cm³/mol. The van der Waals surface area contributed by atoms with Gasteiger partial charge in [-0.15, -0.1) is 0 Å². The molecule has 81 heavy (non-hydrogen) atoms. The van der Waals surface area contributed by atoms with E-state index in [0.717, 1.165) is 61.3 Å². The minimum atomic E-state index is -0.187. The summed E-state index contributed by atoms with van der Waals surface area (Å²) in [6.45, 7) is 32.2. The molecule has 12 aromatic rings. The molecule has 0 unspecified atom stereocenters. The first-order valence-corrected chi connectivity index (χ1v) is 28.8. The van der Waals surface area contributed by atoms with Crippen LogP contribution in [0.5, 0.6) is 0 Å². The SMILES string of the molecule is CC(C)(C)c1cc(-c2nc(-c3cc(C(C)(C)C)cc(C(C)(C)C)c3)nc(-c3ccc(-n4c5ccccc5c5ccccc54)c(-c4cnccc4-n4c5ccccc5c5cc6c(cc54)C(C)(C)c4ccccc4-6)c3)n2)cc(C(C)(C)C)c1. The Morgan fingerprint density at radius 2 is 0.765 bits per heavy atom. The third-order valence-electron chi connectivity index (χ3n) is 17.3. The Morgan fingerprint density at radius 1 is 0.333 bits per heavy atom. The molecule has 6 heteroatoms. The van der Waals surface area contributed by atoms with Crippen molar-refractivity contribution in [2.45, 2.75) is 124 Å². The van der Waals surface area contributed by atoms with Crippen molar-refractivity contribution >= 4 is 43.6 Å². The minimum absolute atomic E-state index is 0.117. The van der Waals surface area contributed by atoms with Crippen LogP contribution in [0.1, 0.15) is 130 Å². The second-order valence-electron chi connectivity index (χ2n) is 27.3. The Morgan fingerprint density at radius 3 is 1.27 bits per heavy atom. The molecule has 8 aromatic carbocycles. The number of benzene rings is 8. The van der Waals surface area contributed by atoms with Crippen LogP contribution in [-0.4, -0.2) is 29.1 Å². The van der Waals surface area contributed by atoms with E-state index in [9.17, 15) is 0 Å². The molecular weight excluding hydrogens is 985 g/mol. The van der Waals surface area contributed by atoms with Crippen LogP contribution in [0.3, 0.4) is 0 Å². The lowest BCUT2D eigenvalue weighted by Crippen LogP contribution is -2.17. The van der Waals surface area contributed by atoms with Gasteiger partial charge in [0.25, 0.3) is 0 Å². The summed E-state index contributed by atoms with van der Waals surface area (Å²) < 4.78 is 4.91. The number of aromatic nitrogens is 6. The van der Waals surface area contributed by atoms with Crippen molar-refractivity contribution in [1.82, 2.24) is 29.1 Å². The first kappa shape index (κ1) is 51.9. The lowest BCUT2D eigenvalue weighted by molar-refractivity contribution is 0.568. The summed E-state index contributed by atoms with van der Waals surface area (Å²) in [4.78, 5) is 21.7. The Labute approximate surface area is 477 Å². The smallest absolute Gasteiger partial charge is 0.164 e. The Balaban J connectivity index is 1.12. The predicted octanol–water partition coefficient (Wildman–Crippen LogP) is 19.6. The monoisotopic (exact) mass is 1060 g/mol. The maximum atomic E-state index is 5.58. The summed E-state index contributed by atoms with van der Waals surface area (Å²) in [5.41, 5.74) is 21.0. The number of fused-ring (bicyclic) bond motifs is 9. The van der Waals surface area contributed by atoms with Gasteiger partial charge in [-0.05, 0) is 145 Å². The van der Waals surface area contributed by atoms with Crippen LogP contribution >= 0.6 is 0 Å². The first-order chi connectivity index (χ1) is 38.4. The van der Waals surface area contributed by atoms with E-state index < -0.39 is 0 Å². The average Bonchev–Trinajstić information content (AvgIpc) is 4.10. The van der Waals surface area contributed by atoms with E-state index in [1.54, 1.807) is 0 Å². The Hall–Kier alpha value is -8.48. The van der Waals surface area contributed by atoms with Crippen LogP contribution in [0.2, 0.25) is 0 Å². The summed E-state index contributed by atoms with van der Waals surface area (Å²) in [6, 6.07) is 63.1. The third kappa shape index (κ3) is 8.68. The lowest BCUT2D eigenvalue weighted by atomic mass is 9.79. The fourth-order valence-corrected chi connectivity index (χ4v) is 12.5. The van der Waals surface area contributed by atoms with Gasteiger partial charge in [-0.25, -0.2) is 15.0 Å². The van der Waals surface area contributed by atoms with Gasteiger partial charge in [0, 0.05) is 67.2 Å². The molecule has 1 aliphatic carbocycles. The highest BCUT2D eigenvalue weighted by molar-refractivity contribution is 6.13. The van der Waals surface area contributed by atoms with E-state index in [0.29, 0.717) is 17.5 Å². The molecule has 4 heterocycles. The van der Waals surface area contributed by atoms with Crippen LogP contribution in [-0.2, 0) is 27.1 Å². The highest BCUT2D eigenvalue weighted by Gasteiger charge is 2.37. The van der Waals surface area contributed by atoms with Crippen LogP contribution < -0.4 is 0 Å². The molecule has 0 saturated carbocycles. The van der Waals surface area contributed by atoms with Gasteiger partial charge in [0.1, 0.15) is 0 Å². The molecule has 0 saturated heterocycles. The van der Waals surface area contributed by atoms with Gasteiger partial charge in [-0.1, -0.05) is 188 Å². The largest absolute Gasteiger partial charge is 0.309 e. The maximum absolute atomic E-state index is 5.58. The van der Waals surface area contributed by atoms with Gasteiger partial charge in [0.2, 0.25) is 0 Å². The zero-order valence-corrected chi connectivity index (χ0v) is 49.5. The molecule has 4 aromatic heterocycles. The number of nitrogens with zero attached hydrogens (tertiary/aromatic N) is 6. The van der Waals surface area contributed by atoms with E-state index >= 15 is 0 Å². The summed E-state index contributed by atoms with van der Waals surface area (Å²) in [6.07, 6.45) is 4.00. The van der Waals surface area contributed by atoms with E-state index in [4.69, 9.17) is 19.9 Å². The maximum Gasteiger partial charge on any atom is 0.164 e. The van der Waals surface area contributed by atoms with Crippen molar-refractivity contribution in [3.05, 3.63) is 216 Å². The van der Waals surface area contributed by atoms with E-state index in [1.165, 1.54) is 66.1 Å². The zero-order chi connectivity index (χ0) is 56.7. The second-order valence-corrected chi connectivity index (χ2v) is 27.3. The lowest BCUT2D eigenvalue weighted by Gasteiger charge is -2.26. The fourth-order valence-electron chi connectivity index (χ4n) is 12.5. The number of pyridine rings is 1. The van der Waals surface area contributed by atoms with Crippen molar-refractivity contribution < 1.29 is 0 Å². The number of rotatable bonds is 6. The van der Waals surface area contributed by atoms with E-state index in [2.05, 4.69) is 282 Å². The molecule has 0 atom stereocenters. The van der Waals surface area contributed by atoms with Crippen LogP contribution in [0.4, 0.5) is 0 Å². The van der Waals surface area contributed by atoms with Gasteiger partial charge < -0.3 is 9.13 Å². The van der Waals surface area contributed by atoms with E-state index in [1.807, 2.05) is 6.20 Å². The number of para-hydroxylation sites is 3. The Bertz CT molecular complexity index is 4320. The van der Waals surface area contributed by atoms with Gasteiger partial charge >= 0.3 is 0 Å². The molecule has 0 amide bonds. The fraction of sp³-hybridized carbons (Fsp3) is 0.253. The molecular formula is C75H72N6. The van der Waals surface area contributed by atoms with Crippen LogP contribution in [0.25, 0.3) is 111 Å². The highest BCUT2D eigenvalue weighted by atomic mass is 15.0. The van der Waals surface area contributed by atoms with Gasteiger partial charge in [0.15, 0.2) is 17.5 Å². The number of hydrogen-bond acceptors (Lipinski definition) is 4. The molecule has 0 radical (unpaired) electrons. The van der Waals surface area contributed by atoms with E-state index in [-0.39, 0.29) is 27.1 Å². The van der Waals surface area contributed by atoms with Crippen LogP contribution in [0.15, 0.2) is 182 Å². The zero-order valence-electron chi connectivity index (χ0n) is 49.5. The molecule has 1 aliphatic rings. The molecule has 402 valence electrons. The first-order valence-electron chi connectivity index (χ1n) is 28.8. The molecule has 6 nitrogen and oxygen atoms in total. The normalized spacial score (nSPS) is 13.7. The van der Waals surface area contributed by atoms with Gasteiger partial charge in [0.05, 0.1) is 33.4 Å². The van der Waals surface area contributed by atoms with Gasteiger partial charge in [-0.3, -0.25) is 4.98 Å². The summed E-state index contributed by atoms with van der Waals surface area (Å²) >= 11 is 0. The quantitative estimate of drug-likeness (QED) is 0.166. The van der Waals surface area contributed by atoms with Crippen molar-refractivity contribution in [1.29, 1.82) is 0 Å². The third-order valence-corrected chi connectivity index (χ3v) is 17.3. The van der Waals surface area contributed by atoms with Crippen molar-refractivity contribution in [2.24, 2.45) is 0 Å². The topological polar surface area (TPSA) is 61.4 Å². The summed E-state index contributed by atoms with van der Waals surface area (Å²) in [5, 5.41) is 4.81. The number of hydrogen-bond donors (Lipinski definition) is 0. The highest BCUT2D eigenvalue weighted by Crippen LogP contribution is 2.52. The molecule has 0 aliphatic heterocycles. The van der Waals surface area contributed by atoms with Gasteiger partial charge in [-0.2, -0.15) is 0 Å². The van der Waals surface area contributed by atoms with Crippen molar-refractivity contribution in [2.75, 3.05) is 0 Å². The van der Waals surface area contributed by atoms with Crippen molar-refractivity contribution in [3.8, 4) is 67.8 Å². The van der Waals surface area contributed by atoms with Crippen molar-refractivity contribution in [3.63, 3.8) is 0 Å². The molecule has 13 rings (SSSR count). The molecule has 0 bridgehead atoms. The molecule has 0 spiro atoms. The standard InChI is InChI=1S/C75H72N6/c1-71(2,3)48-35-46(36-49(40-48)72(4,5)6)69-77-68(78-70(79-69)47-37-50(73(7,8)9)41-51(38-47)74(10,11)12)45-31-32-65(80-62-28-20-16-24-53(62)54-25-17-21-29-63(54)80)57(39-45)59-44-76-34-33-66(59)81-64-30-22-18-26-55(64)58-42-56-52-23-15-19-27-60(52)75(13,14)61(56)43-67(58)81/h15-44H,1-14H3. The summed E-state index contributed by atoms with van der Waals surface area (Å²) in [5.74, 6) is 1.88. The van der Waals surface area contributed by atoms with Crippen LogP contribution in [0, 0.1) is 0 Å². The second kappa shape index (κ2) is 18.3. The molecule has 0 fully saturated rings. The summed E-state index contributed by atoms with van der Waals surface area (Å²) in [7, 11) is 0.